The number of halogens is 1. The Morgan fingerprint density at radius 1 is 1.08 bits per heavy atom. The fourth-order valence-electron chi connectivity index (χ4n) is 4.57. The Kier molecular flexibility index (Phi) is 7.37. The van der Waals surface area contributed by atoms with Crippen LogP contribution in [0.2, 0.25) is 0 Å². The van der Waals surface area contributed by atoms with Gasteiger partial charge in [-0.25, -0.2) is 0 Å². The van der Waals surface area contributed by atoms with Crippen molar-refractivity contribution in [3.05, 3.63) is 41.0 Å². The van der Waals surface area contributed by atoms with Gasteiger partial charge < -0.3 is 4.90 Å². The Morgan fingerprint density at radius 3 is 2.33 bits per heavy atom. The second-order valence-corrected chi connectivity index (χ2v) is 7.79. The number of benzene rings is 1. The maximum absolute atomic E-state index is 2.60. The highest BCUT2D eigenvalue weighted by atomic mass is 35.5. The zero-order chi connectivity index (χ0) is 16.2. The predicted molar refractivity (Wildman–Crippen MR) is 108 cm³/mol. The quantitative estimate of drug-likeness (QED) is 0.637. The number of allylic oxidation sites excluding steroid dienone is 1. The van der Waals surface area contributed by atoms with Crippen molar-refractivity contribution in [1.29, 1.82) is 0 Å². The van der Waals surface area contributed by atoms with Crippen molar-refractivity contribution in [1.82, 2.24) is 4.90 Å². The number of rotatable bonds is 3. The summed E-state index contributed by atoms with van der Waals surface area (Å²) in [5.41, 5.74) is 6.37. The molecule has 1 aliphatic carbocycles. The van der Waals surface area contributed by atoms with Crippen molar-refractivity contribution in [2.45, 2.75) is 59.3 Å². The molecule has 0 bridgehead atoms. The number of hydrogen-bond donors (Lipinski definition) is 0. The van der Waals surface area contributed by atoms with E-state index in [9.17, 15) is 0 Å². The number of hydrogen-bond acceptors (Lipinski definition) is 1. The first-order valence-corrected chi connectivity index (χ1v) is 9.68. The molecule has 1 heterocycles. The smallest absolute Gasteiger partial charge is 0.00188 e. The van der Waals surface area contributed by atoms with Crippen LogP contribution >= 0.6 is 12.4 Å². The summed E-state index contributed by atoms with van der Waals surface area (Å²) in [6.45, 7) is 10.6. The highest BCUT2D eigenvalue weighted by Crippen LogP contribution is 2.41. The fourth-order valence-corrected chi connectivity index (χ4v) is 4.57. The Morgan fingerprint density at radius 2 is 1.75 bits per heavy atom. The molecule has 1 aromatic carbocycles. The van der Waals surface area contributed by atoms with E-state index in [1.165, 1.54) is 69.3 Å². The molecule has 2 fully saturated rings. The first-order chi connectivity index (χ1) is 11.2. The van der Waals surface area contributed by atoms with Crippen LogP contribution in [-0.2, 0) is 0 Å². The third-order valence-corrected chi connectivity index (χ3v) is 5.99. The van der Waals surface area contributed by atoms with Crippen molar-refractivity contribution in [2.24, 2.45) is 11.8 Å². The summed E-state index contributed by atoms with van der Waals surface area (Å²) in [6.07, 6.45) is 8.19. The first-order valence-electron chi connectivity index (χ1n) is 9.68. The largest absolute Gasteiger partial charge is 0.303 e. The molecule has 1 nitrogen and oxygen atoms in total. The van der Waals surface area contributed by atoms with Crippen LogP contribution in [0.25, 0.3) is 5.57 Å². The molecule has 1 aliphatic heterocycles. The Hall–Kier alpha value is -0.790. The van der Waals surface area contributed by atoms with Gasteiger partial charge in [0.05, 0.1) is 0 Å². The minimum atomic E-state index is 0. The van der Waals surface area contributed by atoms with E-state index in [2.05, 4.69) is 49.9 Å². The molecule has 134 valence electrons. The lowest BCUT2D eigenvalue weighted by Gasteiger charge is -2.34. The summed E-state index contributed by atoms with van der Waals surface area (Å²) in [5, 5.41) is 0. The maximum Gasteiger partial charge on any atom is 0.00188 e. The molecule has 2 unspecified atom stereocenters. The summed E-state index contributed by atoms with van der Waals surface area (Å²) in [5.74, 6) is 1.69. The molecule has 0 N–H and O–H groups in total. The average Bonchev–Trinajstić information content (AvgIpc) is 2.58. The lowest BCUT2D eigenvalue weighted by molar-refractivity contribution is 0.268. The van der Waals surface area contributed by atoms with E-state index >= 15 is 0 Å². The summed E-state index contributed by atoms with van der Waals surface area (Å²) in [7, 11) is 0. The molecule has 3 rings (SSSR count). The molecule has 0 amide bonds. The molecule has 0 radical (unpaired) electrons. The zero-order valence-electron chi connectivity index (χ0n) is 15.7. The highest BCUT2D eigenvalue weighted by Gasteiger charge is 2.26. The van der Waals surface area contributed by atoms with Crippen LogP contribution in [-0.4, -0.2) is 24.5 Å². The minimum absolute atomic E-state index is 0. The van der Waals surface area contributed by atoms with Gasteiger partial charge in [0.15, 0.2) is 0 Å². The standard InChI is InChI=1S/C22H33N.ClH/c1-4-23-14-12-20(13-15-23)22(19-10-8-17(2)9-11-19)21-7-5-6-18(3)16-21;/h8-11,18,21H,4-7,12-16H2,1-3H3;1H. The Bertz CT molecular complexity index is 536. The van der Waals surface area contributed by atoms with Gasteiger partial charge in [0.1, 0.15) is 0 Å². The lowest BCUT2D eigenvalue weighted by atomic mass is 9.74. The van der Waals surface area contributed by atoms with E-state index in [1.54, 1.807) is 11.1 Å². The third-order valence-electron chi connectivity index (χ3n) is 5.99. The molecule has 1 saturated heterocycles. The topological polar surface area (TPSA) is 3.24 Å². The number of piperidine rings is 1. The number of aryl methyl sites for hydroxylation is 1. The summed E-state index contributed by atoms with van der Waals surface area (Å²) in [6, 6.07) is 9.35. The van der Waals surface area contributed by atoms with Crippen LogP contribution in [0.3, 0.4) is 0 Å². The monoisotopic (exact) mass is 347 g/mol. The van der Waals surface area contributed by atoms with Gasteiger partial charge in [-0.1, -0.05) is 62.1 Å². The van der Waals surface area contributed by atoms with Crippen LogP contribution in [0, 0.1) is 18.8 Å². The van der Waals surface area contributed by atoms with Crippen LogP contribution in [0.5, 0.6) is 0 Å². The van der Waals surface area contributed by atoms with E-state index in [0.29, 0.717) is 0 Å². The van der Waals surface area contributed by atoms with Crippen molar-refractivity contribution < 1.29 is 0 Å². The van der Waals surface area contributed by atoms with Crippen LogP contribution in [0.15, 0.2) is 29.8 Å². The second kappa shape index (κ2) is 9.06. The van der Waals surface area contributed by atoms with Gasteiger partial charge in [0, 0.05) is 13.1 Å². The van der Waals surface area contributed by atoms with Gasteiger partial charge in [0.25, 0.3) is 0 Å². The molecule has 0 aromatic heterocycles. The fraction of sp³-hybridized carbons (Fsp3) is 0.636. The van der Waals surface area contributed by atoms with E-state index in [-0.39, 0.29) is 12.4 Å². The van der Waals surface area contributed by atoms with Crippen molar-refractivity contribution >= 4 is 18.0 Å². The Balaban J connectivity index is 0.00000208. The lowest BCUT2D eigenvalue weighted by Crippen LogP contribution is -2.31. The van der Waals surface area contributed by atoms with Gasteiger partial charge in [-0.05, 0) is 62.1 Å². The molecule has 1 saturated carbocycles. The normalized spacial score (nSPS) is 25.2. The van der Waals surface area contributed by atoms with Gasteiger partial charge >= 0.3 is 0 Å². The summed E-state index contributed by atoms with van der Waals surface area (Å²) < 4.78 is 0. The molecule has 2 heteroatoms. The number of nitrogens with zero attached hydrogens (tertiary/aromatic N) is 1. The zero-order valence-corrected chi connectivity index (χ0v) is 16.5. The van der Waals surface area contributed by atoms with E-state index in [1.807, 2.05) is 0 Å². The molecular weight excluding hydrogens is 314 g/mol. The highest BCUT2D eigenvalue weighted by molar-refractivity contribution is 5.85. The van der Waals surface area contributed by atoms with Crippen molar-refractivity contribution in [3.63, 3.8) is 0 Å². The van der Waals surface area contributed by atoms with Crippen LogP contribution in [0.1, 0.15) is 63.5 Å². The van der Waals surface area contributed by atoms with Crippen molar-refractivity contribution in [2.75, 3.05) is 19.6 Å². The number of likely N-dealkylation sites (tertiary alicyclic amines) is 1. The van der Waals surface area contributed by atoms with E-state index in [0.717, 1.165) is 11.8 Å². The van der Waals surface area contributed by atoms with Gasteiger partial charge in [-0.15, -0.1) is 12.4 Å². The third kappa shape index (κ3) is 4.64. The summed E-state index contributed by atoms with van der Waals surface area (Å²) >= 11 is 0. The van der Waals surface area contributed by atoms with E-state index in [4.69, 9.17) is 0 Å². The van der Waals surface area contributed by atoms with Crippen LogP contribution < -0.4 is 0 Å². The molecule has 2 aliphatic rings. The minimum Gasteiger partial charge on any atom is -0.303 e. The SMILES string of the molecule is CCN1CCC(=C(c2ccc(C)cc2)C2CCCC(C)C2)CC1.Cl. The van der Waals surface area contributed by atoms with Gasteiger partial charge in [-0.2, -0.15) is 0 Å². The predicted octanol–water partition coefficient (Wildman–Crippen LogP) is 6.11. The molecule has 24 heavy (non-hydrogen) atoms. The maximum atomic E-state index is 2.60. The average molecular weight is 348 g/mol. The molecule has 2 atom stereocenters. The Labute approximate surface area is 154 Å². The first kappa shape index (κ1) is 19.5. The van der Waals surface area contributed by atoms with Gasteiger partial charge in [-0.3, -0.25) is 0 Å². The summed E-state index contributed by atoms with van der Waals surface area (Å²) in [4.78, 5) is 2.60. The molecule has 1 aromatic rings. The van der Waals surface area contributed by atoms with Crippen LogP contribution in [0.4, 0.5) is 0 Å². The second-order valence-electron chi connectivity index (χ2n) is 7.79. The van der Waals surface area contributed by atoms with Gasteiger partial charge in [0.2, 0.25) is 0 Å². The molecular formula is C22H34ClN. The van der Waals surface area contributed by atoms with E-state index < -0.39 is 0 Å². The molecule has 0 spiro atoms. The van der Waals surface area contributed by atoms with Crippen molar-refractivity contribution in [3.8, 4) is 0 Å².